The van der Waals surface area contributed by atoms with Crippen LogP contribution in [0.25, 0.3) is 11.1 Å². The predicted octanol–water partition coefficient (Wildman–Crippen LogP) is 4.12. The Bertz CT molecular complexity index is 1190. The number of nitrogens with one attached hydrogen (secondary N) is 1. The van der Waals surface area contributed by atoms with E-state index >= 15 is 0 Å². The monoisotopic (exact) mass is 436 g/mol. The molecule has 1 aromatic carbocycles. The predicted molar refractivity (Wildman–Crippen MR) is 121 cm³/mol. The maximum absolute atomic E-state index is 12.6. The zero-order valence-corrected chi connectivity index (χ0v) is 18.8. The minimum atomic E-state index is -0.285. The van der Waals surface area contributed by atoms with Crippen molar-refractivity contribution in [2.75, 3.05) is 25.2 Å². The number of fused-ring (bicyclic) bond motifs is 2. The van der Waals surface area contributed by atoms with Gasteiger partial charge >= 0.3 is 0 Å². The molecule has 0 aliphatic carbocycles. The summed E-state index contributed by atoms with van der Waals surface area (Å²) in [7, 11) is 1.62. The first-order valence-electron chi connectivity index (χ1n) is 10.2. The smallest absolute Gasteiger partial charge is 0.263 e. The molecule has 4 heterocycles. The van der Waals surface area contributed by atoms with Crippen LogP contribution in [0.15, 0.2) is 30.5 Å². The Morgan fingerprint density at radius 2 is 2.13 bits per heavy atom. The summed E-state index contributed by atoms with van der Waals surface area (Å²) in [5, 5.41) is 3.89. The standard InChI is InChI=1S/C23H24N4O3S/c1-13-10-17-18(11-15(13)14-6-5-7-24-21(14)29-4)30-9-8-27(17)22-25-16-12-23(2,3)26-20(28)19(16)31-22/h5-7,10-11H,8-9,12H2,1-4H3,(H,26,28). The molecular formula is C23H24N4O3S. The zero-order valence-electron chi connectivity index (χ0n) is 18.0. The number of aryl methyl sites for hydroxylation is 1. The second-order valence-corrected chi connectivity index (χ2v) is 9.46. The molecule has 2 aromatic heterocycles. The molecule has 160 valence electrons. The first kappa shape index (κ1) is 19.8. The second kappa shape index (κ2) is 7.23. The molecule has 0 unspecified atom stereocenters. The third-order valence-electron chi connectivity index (χ3n) is 5.61. The van der Waals surface area contributed by atoms with Gasteiger partial charge in [-0.2, -0.15) is 0 Å². The number of amides is 1. The van der Waals surface area contributed by atoms with Crippen molar-refractivity contribution in [3.63, 3.8) is 0 Å². The number of pyridine rings is 1. The van der Waals surface area contributed by atoms with Crippen molar-refractivity contribution in [3.05, 3.63) is 46.6 Å². The average molecular weight is 437 g/mol. The fourth-order valence-corrected chi connectivity index (χ4v) is 5.21. The van der Waals surface area contributed by atoms with Gasteiger partial charge in [-0.25, -0.2) is 9.97 Å². The molecule has 0 radical (unpaired) electrons. The van der Waals surface area contributed by atoms with Crippen molar-refractivity contribution in [2.24, 2.45) is 0 Å². The number of nitrogens with zero attached hydrogens (tertiary/aromatic N) is 3. The minimum Gasteiger partial charge on any atom is -0.490 e. The van der Waals surface area contributed by atoms with E-state index in [1.807, 2.05) is 32.0 Å². The van der Waals surface area contributed by atoms with E-state index in [0.29, 0.717) is 23.9 Å². The Balaban J connectivity index is 1.56. The summed E-state index contributed by atoms with van der Waals surface area (Å²) in [6.07, 6.45) is 2.44. The number of hydrogen-bond acceptors (Lipinski definition) is 7. The van der Waals surface area contributed by atoms with Gasteiger partial charge in [0.1, 0.15) is 17.2 Å². The van der Waals surface area contributed by atoms with Gasteiger partial charge in [0.2, 0.25) is 5.88 Å². The summed E-state index contributed by atoms with van der Waals surface area (Å²) in [6, 6.07) is 8.05. The number of ether oxygens (including phenoxy) is 2. The molecule has 1 amide bonds. The molecule has 3 aromatic rings. The van der Waals surface area contributed by atoms with Crippen LogP contribution in [0.3, 0.4) is 0 Å². The Hall–Kier alpha value is -3.13. The number of aromatic nitrogens is 2. The van der Waals surface area contributed by atoms with E-state index in [2.05, 4.69) is 28.2 Å². The highest BCUT2D eigenvalue weighted by atomic mass is 32.1. The fourth-order valence-electron chi connectivity index (χ4n) is 4.19. The van der Waals surface area contributed by atoms with Crippen LogP contribution in [0.1, 0.15) is 34.8 Å². The van der Waals surface area contributed by atoms with Crippen LogP contribution in [0.5, 0.6) is 11.6 Å². The molecule has 0 bridgehead atoms. The SMILES string of the molecule is COc1ncccc1-c1cc2c(cc1C)N(c1nc3c(s1)C(=O)NC(C)(C)C3)CCO2. The Labute approximate surface area is 185 Å². The highest BCUT2D eigenvalue weighted by Gasteiger charge is 2.35. The van der Waals surface area contributed by atoms with Gasteiger partial charge in [0.05, 0.1) is 25.0 Å². The summed E-state index contributed by atoms with van der Waals surface area (Å²) in [4.78, 5) is 24.6. The van der Waals surface area contributed by atoms with E-state index in [0.717, 1.165) is 45.4 Å². The highest BCUT2D eigenvalue weighted by molar-refractivity contribution is 7.17. The maximum Gasteiger partial charge on any atom is 0.263 e. The summed E-state index contributed by atoms with van der Waals surface area (Å²) in [5.41, 5.74) is 4.57. The van der Waals surface area contributed by atoms with Crippen molar-refractivity contribution in [3.8, 4) is 22.8 Å². The Kier molecular flexibility index (Phi) is 4.62. The molecule has 0 fully saturated rings. The number of hydrogen-bond donors (Lipinski definition) is 1. The van der Waals surface area contributed by atoms with Crippen LogP contribution < -0.4 is 19.7 Å². The lowest BCUT2D eigenvalue weighted by molar-refractivity contribution is 0.0901. The van der Waals surface area contributed by atoms with Crippen molar-refractivity contribution < 1.29 is 14.3 Å². The summed E-state index contributed by atoms with van der Waals surface area (Å²) in [5.74, 6) is 1.33. The van der Waals surface area contributed by atoms with Gasteiger partial charge in [0.15, 0.2) is 5.13 Å². The lowest BCUT2D eigenvalue weighted by atomic mass is 9.94. The summed E-state index contributed by atoms with van der Waals surface area (Å²) in [6.45, 7) is 7.34. The number of carbonyl (C=O) groups excluding carboxylic acids is 1. The van der Waals surface area contributed by atoms with E-state index in [4.69, 9.17) is 14.5 Å². The molecule has 31 heavy (non-hydrogen) atoms. The zero-order chi connectivity index (χ0) is 21.8. The third kappa shape index (κ3) is 3.40. The quantitative estimate of drug-likeness (QED) is 0.666. The number of carbonyl (C=O) groups is 1. The molecular weight excluding hydrogens is 412 g/mol. The number of methoxy groups -OCH3 is 1. The van der Waals surface area contributed by atoms with E-state index in [9.17, 15) is 4.79 Å². The number of anilines is 2. The molecule has 0 saturated carbocycles. The van der Waals surface area contributed by atoms with Crippen LogP contribution in [0, 0.1) is 6.92 Å². The average Bonchev–Trinajstić information content (AvgIpc) is 3.16. The van der Waals surface area contributed by atoms with Crippen molar-refractivity contribution in [1.29, 1.82) is 0 Å². The number of thiazole rings is 1. The highest BCUT2D eigenvalue weighted by Crippen LogP contribution is 2.44. The molecule has 5 rings (SSSR count). The number of rotatable bonds is 3. The van der Waals surface area contributed by atoms with Gasteiger partial charge in [0.25, 0.3) is 5.91 Å². The van der Waals surface area contributed by atoms with Crippen molar-refractivity contribution in [1.82, 2.24) is 15.3 Å². The van der Waals surface area contributed by atoms with E-state index in [1.165, 1.54) is 11.3 Å². The molecule has 0 atom stereocenters. The normalized spacial score (nSPS) is 16.8. The van der Waals surface area contributed by atoms with Crippen molar-refractivity contribution in [2.45, 2.75) is 32.7 Å². The van der Waals surface area contributed by atoms with Crippen molar-refractivity contribution >= 4 is 28.1 Å². The molecule has 7 nitrogen and oxygen atoms in total. The lowest BCUT2D eigenvalue weighted by Crippen LogP contribution is -2.48. The Morgan fingerprint density at radius 3 is 2.94 bits per heavy atom. The Morgan fingerprint density at radius 1 is 1.29 bits per heavy atom. The van der Waals surface area contributed by atoms with E-state index in [-0.39, 0.29) is 11.4 Å². The number of benzene rings is 1. The van der Waals surface area contributed by atoms with Gasteiger partial charge in [-0.15, -0.1) is 0 Å². The third-order valence-corrected chi connectivity index (χ3v) is 6.73. The molecule has 8 heteroatoms. The lowest BCUT2D eigenvalue weighted by Gasteiger charge is -2.30. The molecule has 1 N–H and O–H groups in total. The van der Waals surface area contributed by atoms with Gasteiger partial charge in [-0.3, -0.25) is 4.79 Å². The fraction of sp³-hybridized carbons (Fsp3) is 0.348. The van der Waals surface area contributed by atoms with Gasteiger partial charge < -0.3 is 19.7 Å². The topological polar surface area (TPSA) is 76.6 Å². The maximum atomic E-state index is 12.6. The van der Waals surface area contributed by atoms with Crippen LogP contribution in [-0.2, 0) is 6.42 Å². The summed E-state index contributed by atoms with van der Waals surface area (Å²) < 4.78 is 11.5. The molecule has 0 spiro atoms. The van der Waals surface area contributed by atoms with E-state index in [1.54, 1.807) is 13.3 Å². The van der Waals surface area contributed by atoms with Crippen LogP contribution in [0.2, 0.25) is 0 Å². The van der Waals surface area contributed by atoms with Gasteiger partial charge in [-0.05, 0) is 56.2 Å². The largest absolute Gasteiger partial charge is 0.490 e. The molecule has 2 aliphatic rings. The van der Waals surface area contributed by atoms with Gasteiger partial charge in [0, 0.05) is 23.7 Å². The minimum absolute atomic E-state index is 0.0429. The van der Waals surface area contributed by atoms with Crippen LogP contribution in [-0.4, -0.2) is 41.7 Å². The first-order chi connectivity index (χ1) is 14.9. The van der Waals surface area contributed by atoms with Crippen LogP contribution in [0.4, 0.5) is 10.8 Å². The summed E-state index contributed by atoms with van der Waals surface area (Å²) >= 11 is 1.44. The van der Waals surface area contributed by atoms with Crippen LogP contribution >= 0.6 is 11.3 Å². The van der Waals surface area contributed by atoms with Gasteiger partial charge in [-0.1, -0.05) is 11.3 Å². The molecule has 0 saturated heterocycles. The first-order valence-corrected chi connectivity index (χ1v) is 11.0. The van der Waals surface area contributed by atoms with E-state index < -0.39 is 0 Å². The molecule has 2 aliphatic heterocycles. The second-order valence-electron chi connectivity index (χ2n) is 8.48.